The van der Waals surface area contributed by atoms with E-state index in [1.54, 1.807) is 0 Å². The average molecular weight is 436 g/mol. The van der Waals surface area contributed by atoms with Crippen molar-refractivity contribution in [3.63, 3.8) is 0 Å². The first-order valence-corrected chi connectivity index (χ1v) is 11.7. The molecule has 1 aliphatic heterocycles. The normalized spacial score (nSPS) is 16.0. The van der Waals surface area contributed by atoms with Gasteiger partial charge >= 0.3 is 0 Å². The summed E-state index contributed by atoms with van der Waals surface area (Å²) in [7, 11) is 0. The molecule has 1 aromatic heterocycles. The van der Waals surface area contributed by atoms with Crippen LogP contribution in [0.5, 0.6) is 5.75 Å². The molecule has 6 heteroatoms. The minimum absolute atomic E-state index is 0.0435. The van der Waals surface area contributed by atoms with E-state index in [9.17, 15) is 4.79 Å². The van der Waals surface area contributed by atoms with Crippen LogP contribution in [-0.2, 0) is 22.6 Å². The second kappa shape index (κ2) is 10.6. The highest BCUT2D eigenvalue weighted by Crippen LogP contribution is 2.20. The monoisotopic (exact) mass is 435 g/mol. The molecule has 1 unspecified atom stereocenters. The number of benzene rings is 2. The van der Waals surface area contributed by atoms with Gasteiger partial charge in [0.25, 0.3) is 0 Å². The number of fused-ring (bicyclic) bond motifs is 1. The van der Waals surface area contributed by atoms with Gasteiger partial charge in [0, 0.05) is 13.2 Å². The van der Waals surface area contributed by atoms with E-state index >= 15 is 0 Å². The maximum Gasteiger partial charge on any atom is 0.249 e. The number of carbonyl (C=O) groups is 1. The molecule has 32 heavy (non-hydrogen) atoms. The van der Waals surface area contributed by atoms with Crippen molar-refractivity contribution in [2.45, 2.75) is 64.6 Å². The summed E-state index contributed by atoms with van der Waals surface area (Å²) in [6.07, 6.45) is 3.33. The van der Waals surface area contributed by atoms with Gasteiger partial charge in [0.05, 0.1) is 24.2 Å². The van der Waals surface area contributed by atoms with E-state index in [1.807, 2.05) is 30.3 Å². The fourth-order valence-electron chi connectivity index (χ4n) is 4.09. The molecule has 0 radical (unpaired) electrons. The SMILES string of the molecule is CC(C)c1ccc(OCCCCn2c(CNC(=O)C3CCCO3)nc3ccccc32)cc1. The summed E-state index contributed by atoms with van der Waals surface area (Å²) >= 11 is 0. The van der Waals surface area contributed by atoms with Gasteiger partial charge in [0.2, 0.25) is 5.91 Å². The molecule has 1 amide bonds. The molecule has 0 saturated carbocycles. The van der Waals surface area contributed by atoms with Crippen LogP contribution in [0.4, 0.5) is 0 Å². The second-order valence-corrected chi connectivity index (χ2v) is 8.67. The van der Waals surface area contributed by atoms with Gasteiger partial charge in [-0.15, -0.1) is 0 Å². The van der Waals surface area contributed by atoms with E-state index < -0.39 is 0 Å². The van der Waals surface area contributed by atoms with Crippen LogP contribution in [0.15, 0.2) is 48.5 Å². The fraction of sp³-hybridized carbons (Fsp3) is 0.462. The number of hydrogen-bond donors (Lipinski definition) is 1. The van der Waals surface area contributed by atoms with Crippen LogP contribution < -0.4 is 10.1 Å². The summed E-state index contributed by atoms with van der Waals surface area (Å²) in [5.74, 6) is 2.28. The highest BCUT2D eigenvalue weighted by atomic mass is 16.5. The van der Waals surface area contributed by atoms with E-state index in [-0.39, 0.29) is 12.0 Å². The third kappa shape index (κ3) is 5.49. The first-order chi connectivity index (χ1) is 15.6. The van der Waals surface area contributed by atoms with Gasteiger partial charge in [-0.3, -0.25) is 4.79 Å². The molecule has 2 heterocycles. The number of hydrogen-bond acceptors (Lipinski definition) is 4. The van der Waals surface area contributed by atoms with Crippen LogP contribution in [-0.4, -0.2) is 34.8 Å². The standard InChI is InChI=1S/C26H33N3O3/c1-19(2)20-11-13-21(14-12-20)31-16-6-5-15-29-23-9-4-3-8-22(23)28-25(29)18-27-26(30)24-10-7-17-32-24/h3-4,8-9,11-14,19,24H,5-7,10,15-18H2,1-2H3,(H,27,30). The number of imidazole rings is 1. The Labute approximate surface area is 189 Å². The number of rotatable bonds is 10. The predicted molar refractivity (Wildman–Crippen MR) is 126 cm³/mol. The van der Waals surface area contributed by atoms with E-state index in [2.05, 4.69) is 41.9 Å². The number of aromatic nitrogens is 2. The van der Waals surface area contributed by atoms with Crippen LogP contribution in [0.3, 0.4) is 0 Å². The Kier molecular flexibility index (Phi) is 7.43. The molecule has 0 spiro atoms. The molecule has 1 atom stereocenters. The zero-order valence-corrected chi connectivity index (χ0v) is 19.0. The number of ether oxygens (including phenoxy) is 2. The zero-order chi connectivity index (χ0) is 22.3. The van der Waals surface area contributed by atoms with Crippen LogP contribution in [0.25, 0.3) is 11.0 Å². The minimum Gasteiger partial charge on any atom is -0.494 e. The maximum atomic E-state index is 12.3. The van der Waals surface area contributed by atoms with Crippen LogP contribution in [0.1, 0.15) is 56.8 Å². The summed E-state index contributed by atoms with van der Waals surface area (Å²) in [6.45, 7) is 6.97. The van der Waals surface area contributed by atoms with E-state index in [0.717, 1.165) is 54.8 Å². The lowest BCUT2D eigenvalue weighted by atomic mass is 10.0. The van der Waals surface area contributed by atoms with Crippen LogP contribution >= 0.6 is 0 Å². The van der Waals surface area contributed by atoms with Gasteiger partial charge in [-0.1, -0.05) is 38.1 Å². The fourth-order valence-corrected chi connectivity index (χ4v) is 4.09. The summed E-state index contributed by atoms with van der Waals surface area (Å²) in [4.78, 5) is 17.1. The highest BCUT2D eigenvalue weighted by Gasteiger charge is 2.23. The lowest BCUT2D eigenvalue weighted by Crippen LogP contribution is -2.34. The van der Waals surface area contributed by atoms with Gasteiger partial charge in [-0.05, 0) is 61.4 Å². The van der Waals surface area contributed by atoms with Crippen LogP contribution in [0, 0.1) is 0 Å². The van der Waals surface area contributed by atoms with Gasteiger partial charge in [-0.2, -0.15) is 0 Å². The number of carbonyl (C=O) groups excluding carboxylic acids is 1. The molecule has 170 valence electrons. The lowest BCUT2D eigenvalue weighted by Gasteiger charge is -2.13. The largest absolute Gasteiger partial charge is 0.494 e. The van der Waals surface area contributed by atoms with Crippen molar-refractivity contribution < 1.29 is 14.3 Å². The van der Waals surface area contributed by atoms with Crippen molar-refractivity contribution in [3.05, 3.63) is 59.9 Å². The summed E-state index contributed by atoms with van der Waals surface area (Å²) < 4.78 is 13.6. The molecule has 4 rings (SSSR count). The Balaban J connectivity index is 1.31. The number of nitrogens with one attached hydrogen (secondary N) is 1. The molecule has 1 fully saturated rings. The first kappa shape index (κ1) is 22.3. The Morgan fingerprint density at radius 1 is 1.19 bits per heavy atom. The van der Waals surface area contributed by atoms with Crippen molar-refractivity contribution in [3.8, 4) is 5.75 Å². The molecular formula is C26H33N3O3. The van der Waals surface area contributed by atoms with E-state index in [1.165, 1.54) is 5.56 Å². The molecule has 1 saturated heterocycles. The first-order valence-electron chi connectivity index (χ1n) is 11.7. The number of nitrogens with zero attached hydrogens (tertiary/aromatic N) is 2. The molecule has 1 aliphatic rings. The summed E-state index contributed by atoms with van der Waals surface area (Å²) in [5, 5.41) is 3.01. The topological polar surface area (TPSA) is 65.4 Å². The summed E-state index contributed by atoms with van der Waals surface area (Å²) in [6, 6.07) is 16.5. The predicted octanol–water partition coefficient (Wildman–Crippen LogP) is 4.81. The zero-order valence-electron chi connectivity index (χ0n) is 19.0. The Morgan fingerprint density at radius 2 is 2.00 bits per heavy atom. The Morgan fingerprint density at radius 3 is 2.75 bits per heavy atom. The van der Waals surface area contributed by atoms with Gasteiger partial charge in [0.1, 0.15) is 17.7 Å². The van der Waals surface area contributed by atoms with E-state index in [4.69, 9.17) is 14.5 Å². The number of aryl methyl sites for hydroxylation is 1. The molecule has 3 aromatic rings. The van der Waals surface area contributed by atoms with Crippen molar-refractivity contribution >= 4 is 16.9 Å². The second-order valence-electron chi connectivity index (χ2n) is 8.67. The molecule has 1 N–H and O–H groups in total. The molecule has 6 nitrogen and oxygen atoms in total. The van der Waals surface area contributed by atoms with E-state index in [0.29, 0.717) is 25.7 Å². The molecule has 2 aromatic carbocycles. The Bertz CT molecular complexity index is 1020. The number of unbranched alkanes of at least 4 members (excludes halogenated alkanes) is 1. The van der Waals surface area contributed by atoms with Gasteiger partial charge < -0.3 is 19.4 Å². The lowest BCUT2D eigenvalue weighted by molar-refractivity contribution is -0.130. The van der Waals surface area contributed by atoms with Crippen LogP contribution in [0.2, 0.25) is 0 Å². The van der Waals surface area contributed by atoms with Gasteiger partial charge in [-0.25, -0.2) is 4.98 Å². The molecular weight excluding hydrogens is 402 g/mol. The smallest absolute Gasteiger partial charge is 0.249 e. The number of para-hydroxylation sites is 2. The molecule has 0 bridgehead atoms. The minimum atomic E-state index is -0.320. The van der Waals surface area contributed by atoms with Crippen molar-refractivity contribution in [2.24, 2.45) is 0 Å². The Hall–Kier alpha value is -2.86. The highest BCUT2D eigenvalue weighted by molar-refractivity contribution is 5.81. The van der Waals surface area contributed by atoms with Crippen molar-refractivity contribution in [2.75, 3.05) is 13.2 Å². The average Bonchev–Trinajstić information content (AvgIpc) is 3.46. The quantitative estimate of drug-likeness (QED) is 0.464. The maximum absolute atomic E-state index is 12.3. The number of amides is 1. The van der Waals surface area contributed by atoms with Crippen molar-refractivity contribution in [1.82, 2.24) is 14.9 Å². The third-order valence-corrected chi connectivity index (χ3v) is 5.97. The van der Waals surface area contributed by atoms with Crippen molar-refractivity contribution in [1.29, 1.82) is 0 Å². The third-order valence-electron chi connectivity index (χ3n) is 5.97. The molecule has 0 aliphatic carbocycles. The summed E-state index contributed by atoms with van der Waals surface area (Å²) in [5.41, 5.74) is 3.37. The van der Waals surface area contributed by atoms with Gasteiger partial charge in [0.15, 0.2) is 0 Å².